The first-order valence-electron chi connectivity index (χ1n) is 7.67. The molecule has 1 aliphatic rings. The van der Waals surface area contributed by atoms with Crippen molar-refractivity contribution in [3.8, 4) is 0 Å². The third-order valence-corrected chi connectivity index (χ3v) is 4.34. The highest BCUT2D eigenvalue weighted by molar-refractivity contribution is 4.84. The van der Waals surface area contributed by atoms with Crippen molar-refractivity contribution in [2.75, 3.05) is 40.3 Å². The molecule has 1 saturated heterocycles. The topological polar surface area (TPSA) is 18.5 Å². The van der Waals surface area contributed by atoms with Crippen molar-refractivity contribution in [3.63, 3.8) is 0 Å². The van der Waals surface area contributed by atoms with Crippen LogP contribution in [0.3, 0.4) is 0 Å². The molecule has 1 rings (SSSR count). The number of nitrogens with one attached hydrogen (secondary N) is 1. The average Bonchev–Trinajstić information content (AvgIpc) is 2.34. The first-order chi connectivity index (χ1) is 8.56. The fourth-order valence-electron chi connectivity index (χ4n) is 2.95. The van der Waals surface area contributed by atoms with Crippen molar-refractivity contribution in [3.05, 3.63) is 0 Å². The quantitative estimate of drug-likeness (QED) is 0.702. The lowest BCUT2D eigenvalue weighted by Gasteiger charge is -2.41. The zero-order valence-electron chi connectivity index (χ0n) is 13.1. The van der Waals surface area contributed by atoms with E-state index >= 15 is 0 Å². The molecule has 108 valence electrons. The number of hydrogen-bond donors (Lipinski definition) is 1. The van der Waals surface area contributed by atoms with Crippen LogP contribution < -0.4 is 5.32 Å². The van der Waals surface area contributed by atoms with Crippen LogP contribution in [0.4, 0.5) is 0 Å². The minimum atomic E-state index is 0.671. The Hall–Kier alpha value is -0.120. The average molecular weight is 255 g/mol. The van der Waals surface area contributed by atoms with Gasteiger partial charge in [-0.15, -0.1) is 0 Å². The standard InChI is InChI=1S/C15H33N3/c1-6-9-16-12-15(13(2)3)18(5)14-7-10-17(4)11-8-14/h13-16H,6-12H2,1-5H3. The molecule has 1 heterocycles. The van der Waals surface area contributed by atoms with Crippen LogP contribution in [0.1, 0.15) is 40.0 Å². The minimum Gasteiger partial charge on any atom is -0.315 e. The van der Waals surface area contributed by atoms with Gasteiger partial charge in [-0.2, -0.15) is 0 Å². The lowest BCUT2D eigenvalue weighted by molar-refractivity contribution is 0.0850. The zero-order valence-corrected chi connectivity index (χ0v) is 13.1. The fraction of sp³-hybridized carbons (Fsp3) is 1.00. The monoisotopic (exact) mass is 255 g/mol. The van der Waals surface area contributed by atoms with Gasteiger partial charge in [0.15, 0.2) is 0 Å². The van der Waals surface area contributed by atoms with Gasteiger partial charge in [-0.1, -0.05) is 20.8 Å². The van der Waals surface area contributed by atoms with E-state index in [1.54, 1.807) is 0 Å². The Labute approximate surface area is 114 Å². The lowest BCUT2D eigenvalue weighted by atomic mass is 9.97. The van der Waals surface area contributed by atoms with Crippen LogP contribution in [0.5, 0.6) is 0 Å². The van der Waals surface area contributed by atoms with Gasteiger partial charge in [-0.25, -0.2) is 0 Å². The fourth-order valence-corrected chi connectivity index (χ4v) is 2.95. The maximum Gasteiger partial charge on any atom is 0.0243 e. The second-order valence-corrected chi connectivity index (χ2v) is 6.22. The van der Waals surface area contributed by atoms with Crippen molar-refractivity contribution in [1.29, 1.82) is 0 Å². The first kappa shape index (κ1) is 15.9. The van der Waals surface area contributed by atoms with E-state index in [1.165, 1.54) is 32.4 Å². The normalized spacial score (nSPS) is 20.8. The molecule has 18 heavy (non-hydrogen) atoms. The van der Waals surface area contributed by atoms with Crippen LogP contribution in [-0.2, 0) is 0 Å². The number of likely N-dealkylation sites (N-methyl/N-ethyl adjacent to an activating group) is 1. The van der Waals surface area contributed by atoms with Crippen molar-refractivity contribution >= 4 is 0 Å². The molecule has 0 radical (unpaired) electrons. The predicted octanol–water partition coefficient (Wildman–Crippen LogP) is 2.04. The maximum atomic E-state index is 3.59. The van der Waals surface area contributed by atoms with Gasteiger partial charge < -0.3 is 10.2 Å². The van der Waals surface area contributed by atoms with Crippen LogP contribution in [0.2, 0.25) is 0 Å². The molecular formula is C15H33N3. The molecule has 1 fully saturated rings. The second kappa shape index (κ2) is 8.13. The molecule has 0 aromatic rings. The summed E-state index contributed by atoms with van der Waals surface area (Å²) in [6.07, 6.45) is 3.87. The summed E-state index contributed by atoms with van der Waals surface area (Å²) < 4.78 is 0. The molecule has 3 heteroatoms. The molecule has 1 N–H and O–H groups in total. The summed E-state index contributed by atoms with van der Waals surface area (Å²) in [6.45, 7) is 11.7. The molecule has 0 aliphatic carbocycles. The smallest absolute Gasteiger partial charge is 0.0243 e. The van der Waals surface area contributed by atoms with Gasteiger partial charge in [0.25, 0.3) is 0 Å². The number of likely N-dealkylation sites (tertiary alicyclic amines) is 1. The van der Waals surface area contributed by atoms with E-state index < -0.39 is 0 Å². The highest BCUT2D eigenvalue weighted by Gasteiger charge is 2.27. The van der Waals surface area contributed by atoms with Crippen molar-refractivity contribution in [2.45, 2.75) is 52.1 Å². The summed E-state index contributed by atoms with van der Waals surface area (Å²) in [6, 6.07) is 1.45. The van der Waals surface area contributed by atoms with E-state index in [1.807, 2.05) is 0 Å². The Morgan fingerprint density at radius 1 is 1.28 bits per heavy atom. The lowest BCUT2D eigenvalue weighted by Crippen LogP contribution is -2.51. The van der Waals surface area contributed by atoms with Crippen LogP contribution in [0.15, 0.2) is 0 Å². The van der Waals surface area contributed by atoms with Crippen molar-refractivity contribution in [2.24, 2.45) is 5.92 Å². The maximum absolute atomic E-state index is 3.59. The molecule has 1 aliphatic heterocycles. The number of rotatable bonds is 7. The van der Waals surface area contributed by atoms with Crippen molar-refractivity contribution in [1.82, 2.24) is 15.1 Å². The van der Waals surface area contributed by atoms with Gasteiger partial charge in [0, 0.05) is 18.6 Å². The summed E-state index contributed by atoms with van der Waals surface area (Å²) in [5, 5.41) is 3.59. The second-order valence-electron chi connectivity index (χ2n) is 6.22. The summed E-state index contributed by atoms with van der Waals surface area (Å²) in [7, 11) is 4.56. The van der Waals surface area contributed by atoms with Crippen LogP contribution in [0.25, 0.3) is 0 Å². The van der Waals surface area contributed by atoms with E-state index in [0.717, 1.165) is 25.0 Å². The molecular weight excluding hydrogens is 222 g/mol. The van der Waals surface area contributed by atoms with Gasteiger partial charge in [-0.05, 0) is 58.9 Å². The molecule has 0 bridgehead atoms. The molecule has 0 aromatic heterocycles. The third kappa shape index (κ3) is 4.87. The van der Waals surface area contributed by atoms with E-state index in [2.05, 4.69) is 50.0 Å². The van der Waals surface area contributed by atoms with E-state index in [-0.39, 0.29) is 0 Å². The molecule has 0 saturated carbocycles. The summed E-state index contributed by atoms with van der Waals surface area (Å²) in [4.78, 5) is 5.09. The van der Waals surface area contributed by atoms with Crippen molar-refractivity contribution < 1.29 is 0 Å². The summed E-state index contributed by atoms with van der Waals surface area (Å²) in [5.41, 5.74) is 0. The molecule has 1 atom stereocenters. The molecule has 0 aromatic carbocycles. The van der Waals surface area contributed by atoms with Gasteiger partial charge >= 0.3 is 0 Å². The summed E-state index contributed by atoms with van der Waals surface area (Å²) in [5.74, 6) is 0.721. The molecule has 3 nitrogen and oxygen atoms in total. The predicted molar refractivity (Wildman–Crippen MR) is 80.1 cm³/mol. The summed E-state index contributed by atoms with van der Waals surface area (Å²) >= 11 is 0. The van der Waals surface area contributed by atoms with Gasteiger partial charge in [0.2, 0.25) is 0 Å². The zero-order chi connectivity index (χ0) is 13.5. The minimum absolute atomic E-state index is 0.671. The Balaban J connectivity index is 2.45. The molecule has 0 amide bonds. The Morgan fingerprint density at radius 2 is 1.89 bits per heavy atom. The van der Waals surface area contributed by atoms with E-state index in [4.69, 9.17) is 0 Å². The van der Waals surface area contributed by atoms with E-state index in [0.29, 0.717) is 6.04 Å². The van der Waals surface area contributed by atoms with Crippen LogP contribution in [0, 0.1) is 5.92 Å². The first-order valence-corrected chi connectivity index (χ1v) is 7.67. The van der Waals surface area contributed by atoms with Gasteiger partial charge in [0.1, 0.15) is 0 Å². The SMILES string of the molecule is CCCNCC(C(C)C)N(C)C1CCN(C)CC1. The Kier molecular flexibility index (Phi) is 7.20. The molecule has 0 spiro atoms. The number of hydrogen-bond acceptors (Lipinski definition) is 3. The molecule has 1 unspecified atom stereocenters. The van der Waals surface area contributed by atoms with Gasteiger partial charge in [0.05, 0.1) is 0 Å². The van der Waals surface area contributed by atoms with E-state index in [9.17, 15) is 0 Å². The third-order valence-electron chi connectivity index (χ3n) is 4.34. The van der Waals surface area contributed by atoms with Gasteiger partial charge in [-0.3, -0.25) is 4.90 Å². The highest BCUT2D eigenvalue weighted by Crippen LogP contribution is 2.19. The van der Waals surface area contributed by atoms with Crippen LogP contribution in [-0.4, -0.2) is 62.2 Å². The Morgan fingerprint density at radius 3 is 2.39 bits per heavy atom. The Bertz CT molecular complexity index is 210. The number of nitrogens with zero attached hydrogens (tertiary/aromatic N) is 2. The largest absolute Gasteiger partial charge is 0.315 e. The number of piperidine rings is 1. The van der Waals surface area contributed by atoms with Crippen LogP contribution >= 0.6 is 0 Å². The highest BCUT2D eigenvalue weighted by atomic mass is 15.2.